The van der Waals surface area contributed by atoms with E-state index in [1.165, 1.54) is 11.0 Å². The van der Waals surface area contributed by atoms with Crippen molar-refractivity contribution < 1.29 is 14.5 Å². The number of hydrogen-bond donors (Lipinski definition) is 0. The Balaban J connectivity index is 2.90. The Hall–Kier alpha value is -1.63. The van der Waals surface area contributed by atoms with E-state index in [1.54, 1.807) is 40.0 Å². The molecule has 1 aromatic carbocycles. The smallest absolute Gasteiger partial charge is 0.410 e. The van der Waals surface area contributed by atoms with Crippen LogP contribution in [0.5, 0.6) is 0 Å². The summed E-state index contributed by atoms with van der Waals surface area (Å²) in [4.78, 5) is 23.7. The van der Waals surface area contributed by atoms with Crippen molar-refractivity contribution in [3.63, 3.8) is 0 Å². The van der Waals surface area contributed by atoms with Crippen LogP contribution >= 0.6 is 15.9 Å². The molecule has 0 atom stereocenters. The fourth-order valence-electron chi connectivity index (χ4n) is 1.52. The van der Waals surface area contributed by atoms with Crippen molar-refractivity contribution in [1.29, 1.82) is 0 Å². The van der Waals surface area contributed by atoms with Crippen LogP contribution in [0.15, 0.2) is 22.7 Å². The Labute approximate surface area is 126 Å². The van der Waals surface area contributed by atoms with E-state index >= 15 is 0 Å². The molecule has 1 aromatic rings. The Morgan fingerprint density at radius 3 is 2.55 bits per heavy atom. The van der Waals surface area contributed by atoms with E-state index in [4.69, 9.17) is 4.74 Å². The normalized spacial score (nSPS) is 11.1. The highest BCUT2D eigenvalue weighted by Gasteiger charge is 2.22. The molecule has 6 nitrogen and oxygen atoms in total. The van der Waals surface area contributed by atoms with Gasteiger partial charge < -0.3 is 9.64 Å². The number of amides is 1. The number of nitro groups is 1. The van der Waals surface area contributed by atoms with Gasteiger partial charge in [0.25, 0.3) is 5.69 Å². The first-order chi connectivity index (χ1) is 9.10. The average molecular weight is 345 g/mol. The van der Waals surface area contributed by atoms with Gasteiger partial charge in [0.2, 0.25) is 0 Å². The van der Waals surface area contributed by atoms with Crippen molar-refractivity contribution in [2.24, 2.45) is 0 Å². The second-order valence-corrected chi connectivity index (χ2v) is 6.28. The number of rotatable bonds is 3. The second-order valence-electron chi connectivity index (χ2n) is 5.37. The lowest BCUT2D eigenvalue weighted by Crippen LogP contribution is -2.33. The first kappa shape index (κ1) is 16.4. The number of halogens is 1. The summed E-state index contributed by atoms with van der Waals surface area (Å²) >= 11 is 3.26. The number of nitro benzene ring substituents is 1. The third-order valence-corrected chi connectivity index (χ3v) is 2.84. The summed E-state index contributed by atoms with van der Waals surface area (Å²) in [5.41, 5.74) is -0.185. The van der Waals surface area contributed by atoms with Crippen LogP contribution in [0.1, 0.15) is 26.3 Å². The Morgan fingerprint density at radius 2 is 2.05 bits per heavy atom. The van der Waals surface area contributed by atoms with Crippen LogP contribution in [-0.2, 0) is 11.3 Å². The number of carbonyl (C=O) groups is 1. The molecule has 0 N–H and O–H groups in total. The van der Waals surface area contributed by atoms with Crippen LogP contribution in [0.3, 0.4) is 0 Å². The summed E-state index contributed by atoms with van der Waals surface area (Å²) in [6, 6.07) is 4.62. The zero-order chi connectivity index (χ0) is 15.5. The Morgan fingerprint density at radius 1 is 1.45 bits per heavy atom. The van der Waals surface area contributed by atoms with Crippen molar-refractivity contribution in [3.8, 4) is 0 Å². The van der Waals surface area contributed by atoms with Gasteiger partial charge in [-0.05, 0) is 32.9 Å². The van der Waals surface area contributed by atoms with Crippen molar-refractivity contribution in [2.45, 2.75) is 32.9 Å². The standard InChI is InChI=1S/C13H17BrN2O4/c1-13(2,3)20-12(17)15(4)8-9-7-10(14)5-6-11(9)16(18)19/h5-7H,8H2,1-4H3. The van der Waals surface area contributed by atoms with Crippen molar-refractivity contribution in [2.75, 3.05) is 7.05 Å². The van der Waals surface area contributed by atoms with E-state index in [-0.39, 0.29) is 12.2 Å². The van der Waals surface area contributed by atoms with E-state index in [0.29, 0.717) is 5.56 Å². The van der Waals surface area contributed by atoms with E-state index in [9.17, 15) is 14.9 Å². The van der Waals surface area contributed by atoms with Crippen LogP contribution in [0.2, 0.25) is 0 Å². The number of benzene rings is 1. The molecule has 7 heteroatoms. The monoisotopic (exact) mass is 344 g/mol. The fourth-order valence-corrected chi connectivity index (χ4v) is 1.93. The molecule has 20 heavy (non-hydrogen) atoms. The first-order valence-corrected chi connectivity index (χ1v) is 6.76. The molecule has 0 aromatic heterocycles. The molecular formula is C13H17BrN2O4. The number of nitrogens with zero attached hydrogens (tertiary/aromatic N) is 2. The summed E-state index contributed by atoms with van der Waals surface area (Å²) in [7, 11) is 1.54. The summed E-state index contributed by atoms with van der Waals surface area (Å²) in [6.07, 6.45) is -0.522. The fraction of sp³-hybridized carbons (Fsp3) is 0.462. The maximum Gasteiger partial charge on any atom is 0.410 e. The molecule has 0 saturated heterocycles. The van der Waals surface area contributed by atoms with Crippen molar-refractivity contribution in [1.82, 2.24) is 4.90 Å². The summed E-state index contributed by atoms with van der Waals surface area (Å²) in [5.74, 6) is 0. The van der Waals surface area contributed by atoms with Gasteiger partial charge in [-0.2, -0.15) is 0 Å². The lowest BCUT2D eigenvalue weighted by Gasteiger charge is -2.24. The predicted molar refractivity (Wildman–Crippen MR) is 78.5 cm³/mol. The molecule has 0 fully saturated rings. The zero-order valence-electron chi connectivity index (χ0n) is 11.8. The third kappa shape index (κ3) is 4.80. The topological polar surface area (TPSA) is 72.7 Å². The third-order valence-electron chi connectivity index (χ3n) is 2.35. The minimum Gasteiger partial charge on any atom is -0.444 e. The van der Waals surface area contributed by atoms with Crippen molar-refractivity contribution in [3.05, 3.63) is 38.3 Å². The zero-order valence-corrected chi connectivity index (χ0v) is 13.4. The quantitative estimate of drug-likeness (QED) is 0.618. The van der Waals surface area contributed by atoms with Gasteiger partial charge in [0, 0.05) is 17.6 Å². The molecule has 0 spiro atoms. The molecular weight excluding hydrogens is 328 g/mol. The molecule has 0 heterocycles. The van der Waals surface area contributed by atoms with Gasteiger partial charge in [-0.25, -0.2) is 4.79 Å². The van der Waals surface area contributed by atoms with Crippen molar-refractivity contribution >= 4 is 27.7 Å². The molecule has 0 unspecified atom stereocenters. The maximum atomic E-state index is 11.9. The predicted octanol–water partition coefficient (Wildman–Crippen LogP) is 3.72. The number of carbonyl (C=O) groups excluding carboxylic acids is 1. The van der Waals surface area contributed by atoms with E-state index in [2.05, 4.69) is 15.9 Å². The molecule has 0 aliphatic carbocycles. The summed E-state index contributed by atoms with van der Waals surface area (Å²) in [5, 5.41) is 11.0. The lowest BCUT2D eigenvalue weighted by atomic mass is 10.1. The van der Waals surface area contributed by atoms with Gasteiger partial charge in [0.15, 0.2) is 0 Å². The average Bonchev–Trinajstić information content (AvgIpc) is 2.26. The highest BCUT2D eigenvalue weighted by Crippen LogP contribution is 2.24. The van der Waals surface area contributed by atoms with Gasteiger partial charge in [0.1, 0.15) is 5.60 Å². The first-order valence-electron chi connectivity index (χ1n) is 5.97. The van der Waals surface area contributed by atoms with E-state index in [0.717, 1.165) is 4.47 Å². The maximum absolute atomic E-state index is 11.9. The highest BCUT2D eigenvalue weighted by atomic mass is 79.9. The van der Waals surface area contributed by atoms with E-state index in [1.807, 2.05) is 0 Å². The lowest BCUT2D eigenvalue weighted by molar-refractivity contribution is -0.385. The molecule has 0 bridgehead atoms. The minimum atomic E-state index is -0.603. The molecule has 1 amide bonds. The van der Waals surface area contributed by atoms with Gasteiger partial charge in [-0.3, -0.25) is 10.1 Å². The van der Waals surface area contributed by atoms with Gasteiger partial charge in [0.05, 0.1) is 17.0 Å². The molecule has 0 radical (unpaired) electrons. The number of hydrogen-bond acceptors (Lipinski definition) is 4. The Bertz CT molecular complexity index is 526. The molecule has 0 aliphatic rings. The minimum absolute atomic E-state index is 0.0244. The van der Waals surface area contributed by atoms with Crippen LogP contribution in [0.4, 0.5) is 10.5 Å². The molecule has 0 saturated carbocycles. The van der Waals surface area contributed by atoms with Gasteiger partial charge >= 0.3 is 6.09 Å². The van der Waals surface area contributed by atoms with E-state index < -0.39 is 16.6 Å². The van der Waals surface area contributed by atoms with Crippen LogP contribution in [0.25, 0.3) is 0 Å². The van der Waals surface area contributed by atoms with Crippen LogP contribution < -0.4 is 0 Å². The summed E-state index contributed by atoms with van der Waals surface area (Å²) in [6.45, 7) is 5.39. The van der Waals surface area contributed by atoms with Gasteiger partial charge in [-0.15, -0.1) is 0 Å². The Kier molecular flexibility index (Phi) is 5.10. The van der Waals surface area contributed by atoms with Crippen LogP contribution in [0, 0.1) is 10.1 Å². The largest absolute Gasteiger partial charge is 0.444 e. The molecule has 0 aliphatic heterocycles. The molecule has 1 rings (SSSR count). The van der Waals surface area contributed by atoms with Crippen LogP contribution in [-0.4, -0.2) is 28.6 Å². The summed E-state index contributed by atoms with van der Waals surface area (Å²) < 4.78 is 5.93. The highest BCUT2D eigenvalue weighted by molar-refractivity contribution is 9.10. The molecule has 110 valence electrons. The van der Waals surface area contributed by atoms with Gasteiger partial charge in [-0.1, -0.05) is 15.9 Å². The SMILES string of the molecule is CN(Cc1cc(Br)ccc1[N+](=O)[O-])C(=O)OC(C)(C)C. The second kappa shape index (κ2) is 6.21. The number of ether oxygens (including phenoxy) is 1.